The molecule has 0 saturated carbocycles. The lowest BCUT2D eigenvalue weighted by molar-refractivity contribution is -0.131. The van der Waals surface area contributed by atoms with Gasteiger partial charge in [-0.25, -0.2) is 0 Å². The van der Waals surface area contributed by atoms with E-state index in [0.717, 1.165) is 11.1 Å². The van der Waals surface area contributed by atoms with Gasteiger partial charge < -0.3 is 5.32 Å². The molecule has 0 fully saturated rings. The number of hydrogen-bond donors (Lipinski definition) is 2. The standard InChI is InChI=1S/C16H13ClF3N3/c17-13-9-14-12(8-11(13)10-4-2-1-3-5-10)15(23-22-14)21-7-6-16(18,19)20/h1-5,8-9H,6-7H2,(H2,21,22,23). The van der Waals surface area contributed by atoms with Crippen molar-refractivity contribution in [2.45, 2.75) is 12.6 Å². The molecule has 3 nitrogen and oxygen atoms in total. The predicted molar refractivity (Wildman–Crippen MR) is 85.7 cm³/mol. The number of anilines is 1. The lowest BCUT2D eigenvalue weighted by Gasteiger charge is -2.08. The molecule has 0 aliphatic carbocycles. The van der Waals surface area contributed by atoms with Crippen molar-refractivity contribution >= 4 is 28.3 Å². The Balaban J connectivity index is 1.93. The van der Waals surface area contributed by atoms with Gasteiger partial charge in [0.15, 0.2) is 5.82 Å². The summed E-state index contributed by atoms with van der Waals surface area (Å²) in [5.41, 5.74) is 2.41. The Morgan fingerprint density at radius 1 is 1.13 bits per heavy atom. The summed E-state index contributed by atoms with van der Waals surface area (Å²) >= 11 is 6.29. The van der Waals surface area contributed by atoms with Crippen LogP contribution in [0, 0.1) is 0 Å². The number of alkyl halides is 3. The molecule has 0 aliphatic heterocycles. The van der Waals surface area contributed by atoms with Crippen LogP contribution in [0.5, 0.6) is 0 Å². The van der Waals surface area contributed by atoms with E-state index in [-0.39, 0.29) is 6.54 Å². The molecule has 0 aliphatic rings. The Kier molecular flexibility index (Phi) is 4.17. The quantitative estimate of drug-likeness (QED) is 0.681. The largest absolute Gasteiger partial charge is 0.390 e. The molecule has 0 atom stereocenters. The van der Waals surface area contributed by atoms with Crippen molar-refractivity contribution in [2.75, 3.05) is 11.9 Å². The maximum atomic E-state index is 12.3. The zero-order chi connectivity index (χ0) is 16.4. The van der Waals surface area contributed by atoms with Crippen molar-refractivity contribution in [3.8, 4) is 11.1 Å². The van der Waals surface area contributed by atoms with E-state index in [2.05, 4.69) is 15.5 Å². The maximum Gasteiger partial charge on any atom is 0.390 e. The number of aromatic nitrogens is 2. The van der Waals surface area contributed by atoms with Crippen molar-refractivity contribution in [1.82, 2.24) is 10.2 Å². The lowest BCUT2D eigenvalue weighted by atomic mass is 10.0. The summed E-state index contributed by atoms with van der Waals surface area (Å²) in [6.07, 6.45) is -5.11. The minimum atomic E-state index is -4.20. The molecule has 3 rings (SSSR count). The molecule has 2 N–H and O–H groups in total. The van der Waals surface area contributed by atoms with E-state index in [4.69, 9.17) is 11.6 Å². The molecule has 120 valence electrons. The van der Waals surface area contributed by atoms with Crippen LogP contribution >= 0.6 is 11.6 Å². The Morgan fingerprint density at radius 2 is 1.87 bits per heavy atom. The Hall–Kier alpha value is -2.21. The van der Waals surface area contributed by atoms with Crippen molar-refractivity contribution in [3.63, 3.8) is 0 Å². The Labute approximate surface area is 135 Å². The number of nitrogens with one attached hydrogen (secondary N) is 2. The molecule has 2 aromatic carbocycles. The zero-order valence-corrected chi connectivity index (χ0v) is 12.7. The number of benzene rings is 2. The molecule has 0 spiro atoms. The summed E-state index contributed by atoms with van der Waals surface area (Å²) in [6, 6.07) is 13.1. The van der Waals surface area contributed by atoms with Gasteiger partial charge in [-0.1, -0.05) is 41.9 Å². The third-order valence-electron chi connectivity index (χ3n) is 3.44. The van der Waals surface area contributed by atoms with Crippen LogP contribution in [-0.4, -0.2) is 22.9 Å². The second-order valence-corrected chi connectivity index (χ2v) is 5.52. The third kappa shape index (κ3) is 3.59. The third-order valence-corrected chi connectivity index (χ3v) is 3.75. The molecule has 0 unspecified atom stereocenters. The molecule has 0 amide bonds. The average Bonchev–Trinajstić information content (AvgIpc) is 2.88. The first-order chi connectivity index (χ1) is 10.9. The van der Waals surface area contributed by atoms with Crippen LogP contribution in [0.25, 0.3) is 22.0 Å². The highest BCUT2D eigenvalue weighted by Crippen LogP contribution is 2.34. The van der Waals surface area contributed by atoms with Crippen LogP contribution in [-0.2, 0) is 0 Å². The van der Waals surface area contributed by atoms with Gasteiger partial charge in [0, 0.05) is 17.5 Å². The summed E-state index contributed by atoms with van der Waals surface area (Å²) in [6.45, 7) is -0.229. The normalized spacial score (nSPS) is 11.8. The van der Waals surface area contributed by atoms with E-state index in [9.17, 15) is 13.2 Å². The number of fused-ring (bicyclic) bond motifs is 1. The fourth-order valence-corrected chi connectivity index (χ4v) is 2.61. The minimum Gasteiger partial charge on any atom is -0.368 e. The smallest absolute Gasteiger partial charge is 0.368 e. The Bertz CT molecular complexity index is 813. The van der Waals surface area contributed by atoms with Crippen LogP contribution in [0.2, 0.25) is 5.02 Å². The van der Waals surface area contributed by atoms with Gasteiger partial charge in [-0.2, -0.15) is 18.3 Å². The number of aromatic amines is 1. The van der Waals surface area contributed by atoms with Gasteiger partial charge in [-0.3, -0.25) is 5.10 Å². The van der Waals surface area contributed by atoms with Gasteiger partial charge in [0.25, 0.3) is 0 Å². The highest BCUT2D eigenvalue weighted by Gasteiger charge is 2.26. The molecule has 3 aromatic rings. The first-order valence-corrected chi connectivity index (χ1v) is 7.35. The van der Waals surface area contributed by atoms with Crippen LogP contribution in [0.1, 0.15) is 6.42 Å². The molecule has 0 radical (unpaired) electrons. The monoisotopic (exact) mass is 339 g/mol. The number of halogens is 4. The van der Waals surface area contributed by atoms with Gasteiger partial charge in [0.1, 0.15) is 0 Å². The van der Waals surface area contributed by atoms with Crippen LogP contribution in [0.15, 0.2) is 42.5 Å². The highest BCUT2D eigenvalue weighted by atomic mass is 35.5. The fraction of sp³-hybridized carbons (Fsp3) is 0.188. The zero-order valence-electron chi connectivity index (χ0n) is 11.9. The minimum absolute atomic E-state index is 0.229. The molecule has 7 heteroatoms. The molecule has 0 saturated heterocycles. The van der Waals surface area contributed by atoms with E-state index < -0.39 is 12.6 Å². The second kappa shape index (κ2) is 6.12. The van der Waals surface area contributed by atoms with Gasteiger partial charge >= 0.3 is 6.18 Å². The van der Waals surface area contributed by atoms with E-state index in [1.165, 1.54) is 0 Å². The summed E-state index contributed by atoms with van der Waals surface area (Å²) in [5.74, 6) is 0.387. The number of hydrogen-bond acceptors (Lipinski definition) is 2. The number of nitrogens with zero attached hydrogens (tertiary/aromatic N) is 1. The fourth-order valence-electron chi connectivity index (χ4n) is 2.33. The molecule has 1 aromatic heterocycles. The van der Waals surface area contributed by atoms with Crippen LogP contribution in [0.3, 0.4) is 0 Å². The highest BCUT2D eigenvalue weighted by molar-refractivity contribution is 6.34. The van der Waals surface area contributed by atoms with E-state index >= 15 is 0 Å². The summed E-state index contributed by atoms with van der Waals surface area (Å²) in [7, 11) is 0. The van der Waals surface area contributed by atoms with Crippen LogP contribution < -0.4 is 5.32 Å². The molecular formula is C16H13ClF3N3. The summed E-state index contributed by atoms with van der Waals surface area (Å²) < 4.78 is 36.8. The maximum absolute atomic E-state index is 12.3. The van der Waals surface area contributed by atoms with E-state index in [1.807, 2.05) is 36.4 Å². The van der Waals surface area contributed by atoms with Crippen molar-refractivity contribution in [2.24, 2.45) is 0 Å². The topological polar surface area (TPSA) is 40.7 Å². The van der Waals surface area contributed by atoms with Gasteiger partial charge in [-0.15, -0.1) is 0 Å². The first kappa shape index (κ1) is 15.7. The summed E-state index contributed by atoms with van der Waals surface area (Å²) in [5, 5.41) is 10.8. The SMILES string of the molecule is FC(F)(F)CCNc1n[nH]c2cc(Cl)c(-c3ccccc3)cc12. The van der Waals surface area contributed by atoms with E-state index in [0.29, 0.717) is 21.7 Å². The van der Waals surface area contributed by atoms with Crippen LogP contribution in [0.4, 0.5) is 19.0 Å². The number of rotatable bonds is 4. The second-order valence-electron chi connectivity index (χ2n) is 5.11. The van der Waals surface area contributed by atoms with Crippen molar-refractivity contribution in [3.05, 3.63) is 47.5 Å². The Morgan fingerprint density at radius 3 is 2.57 bits per heavy atom. The van der Waals surface area contributed by atoms with Gasteiger partial charge in [0.2, 0.25) is 0 Å². The first-order valence-electron chi connectivity index (χ1n) is 6.98. The van der Waals surface area contributed by atoms with Gasteiger partial charge in [0.05, 0.1) is 17.0 Å². The van der Waals surface area contributed by atoms with E-state index in [1.54, 1.807) is 6.07 Å². The molecule has 23 heavy (non-hydrogen) atoms. The van der Waals surface area contributed by atoms with Gasteiger partial charge in [-0.05, 0) is 17.7 Å². The average molecular weight is 340 g/mol. The number of H-pyrrole nitrogens is 1. The molecule has 0 bridgehead atoms. The molecular weight excluding hydrogens is 327 g/mol. The molecule has 1 heterocycles. The summed E-state index contributed by atoms with van der Waals surface area (Å²) in [4.78, 5) is 0. The van der Waals surface area contributed by atoms with Crippen molar-refractivity contribution < 1.29 is 13.2 Å². The van der Waals surface area contributed by atoms with Crippen molar-refractivity contribution in [1.29, 1.82) is 0 Å². The lowest BCUT2D eigenvalue weighted by Crippen LogP contribution is -2.14. The predicted octanol–water partition coefficient (Wildman–Crippen LogP) is 5.25.